The summed E-state index contributed by atoms with van der Waals surface area (Å²) >= 11 is 0. The van der Waals surface area contributed by atoms with E-state index in [2.05, 4.69) is 10.1 Å². The van der Waals surface area contributed by atoms with Gasteiger partial charge in [0.2, 0.25) is 11.8 Å². The van der Waals surface area contributed by atoms with Gasteiger partial charge in [0.1, 0.15) is 0 Å². The molecule has 0 N–H and O–H groups in total. The van der Waals surface area contributed by atoms with Crippen LogP contribution in [0.5, 0.6) is 0 Å². The summed E-state index contributed by atoms with van der Waals surface area (Å²) < 4.78 is 16.5. The van der Waals surface area contributed by atoms with Crippen LogP contribution in [0.25, 0.3) is 0 Å². The van der Waals surface area contributed by atoms with Gasteiger partial charge in [-0.25, -0.2) is 0 Å². The molecular formula is C17H25N3O4. The van der Waals surface area contributed by atoms with Gasteiger partial charge in [0.05, 0.1) is 31.8 Å². The summed E-state index contributed by atoms with van der Waals surface area (Å²) in [6.07, 6.45) is 6.94. The molecule has 0 spiro atoms. The minimum atomic E-state index is -0.0353. The van der Waals surface area contributed by atoms with Gasteiger partial charge in [-0.3, -0.25) is 4.79 Å². The third-order valence-electron chi connectivity index (χ3n) is 5.04. The molecule has 2 aliphatic heterocycles. The minimum Gasteiger partial charge on any atom is -0.378 e. The Hall–Kier alpha value is -1.47. The smallest absolute Gasteiger partial charge is 0.229 e. The van der Waals surface area contributed by atoms with E-state index in [1.54, 1.807) is 0 Å². The van der Waals surface area contributed by atoms with Crippen LogP contribution in [0.4, 0.5) is 0 Å². The van der Waals surface area contributed by atoms with Crippen molar-refractivity contribution in [3.8, 4) is 0 Å². The zero-order valence-corrected chi connectivity index (χ0v) is 14.0. The largest absolute Gasteiger partial charge is 0.378 e. The van der Waals surface area contributed by atoms with Crippen molar-refractivity contribution in [3.63, 3.8) is 0 Å². The van der Waals surface area contributed by atoms with Crippen molar-refractivity contribution in [1.29, 1.82) is 0 Å². The zero-order valence-electron chi connectivity index (χ0n) is 14.0. The average molecular weight is 335 g/mol. The molecule has 3 aliphatic rings. The van der Waals surface area contributed by atoms with Crippen molar-refractivity contribution in [2.75, 3.05) is 26.4 Å². The maximum absolute atomic E-state index is 12.5. The second-order valence-corrected chi connectivity index (χ2v) is 6.97. The third-order valence-corrected chi connectivity index (χ3v) is 5.04. The summed E-state index contributed by atoms with van der Waals surface area (Å²) in [5.74, 6) is 1.97. The van der Waals surface area contributed by atoms with Crippen LogP contribution >= 0.6 is 0 Å². The molecule has 132 valence electrons. The van der Waals surface area contributed by atoms with E-state index in [1.165, 1.54) is 0 Å². The summed E-state index contributed by atoms with van der Waals surface area (Å²) in [4.78, 5) is 18.9. The highest BCUT2D eigenvalue weighted by Crippen LogP contribution is 2.40. The van der Waals surface area contributed by atoms with Gasteiger partial charge in [0.25, 0.3) is 0 Å². The minimum absolute atomic E-state index is 0.0353. The van der Waals surface area contributed by atoms with Gasteiger partial charge in [-0.05, 0) is 38.5 Å². The molecule has 0 unspecified atom stereocenters. The number of carbonyl (C=O) groups is 1. The van der Waals surface area contributed by atoms with E-state index in [-0.39, 0.29) is 18.1 Å². The maximum atomic E-state index is 12.5. The normalized spacial score (nSPS) is 27.1. The summed E-state index contributed by atoms with van der Waals surface area (Å²) in [5, 5.41) is 4.11. The summed E-state index contributed by atoms with van der Waals surface area (Å²) in [6.45, 7) is 2.63. The number of carbonyl (C=O) groups excluding carboxylic acids is 1. The summed E-state index contributed by atoms with van der Waals surface area (Å²) in [6, 6.07) is -0.0353. The van der Waals surface area contributed by atoms with Crippen LogP contribution in [-0.4, -0.2) is 53.4 Å². The molecule has 2 saturated heterocycles. The number of nitrogens with zero attached hydrogens (tertiary/aromatic N) is 3. The van der Waals surface area contributed by atoms with E-state index in [4.69, 9.17) is 14.0 Å². The topological polar surface area (TPSA) is 77.7 Å². The fraction of sp³-hybridized carbons (Fsp3) is 0.824. The number of hydrogen-bond acceptors (Lipinski definition) is 6. The molecule has 1 amide bonds. The Morgan fingerprint density at radius 3 is 2.96 bits per heavy atom. The lowest BCUT2D eigenvalue weighted by Gasteiger charge is -2.22. The number of aromatic nitrogens is 2. The van der Waals surface area contributed by atoms with E-state index in [0.717, 1.165) is 57.6 Å². The van der Waals surface area contributed by atoms with Gasteiger partial charge >= 0.3 is 0 Å². The number of likely N-dealkylation sites (tertiary alicyclic amines) is 1. The van der Waals surface area contributed by atoms with Crippen molar-refractivity contribution in [1.82, 2.24) is 15.0 Å². The predicted molar refractivity (Wildman–Crippen MR) is 84.4 cm³/mol. The first kappa shape index (κ1) is 16.0. The number of amides is 1. The molecule has 3 heterocycles. The first-order valence-corrected chi connectivity index (χ1v) is 9.13. The first-order valence-electron chi connectivity index (χ1n) is 9.13. The van der Waals surface area contributed by atoms with Gasteiger partial charge in [-0.1, -0.05) is 5.16 Å². The van der Waals surface area contributed by atoms with Crippen LogP contribution in [0.2, 0.25) is 0 Å². The molecule has 1 aromatic rings. The molecule has 24 heavy (non-hydrogen) atoms. The molecule has 1 aromatic heterocycles. The highest BCUT2D eigenvalue weighted by atomic mass is 16.5. The van der Waals surface area contributed by atoms with Crippen molar-refractivity contribution in [2.45, 2.75) is 63.0 Å². The molecule has 0 aromatic carbocycles. The Labute approximate surface area is 141 Å². The van der Waals surface area contributed by atoms with Crippen LogP contribution in [0.3, 0.4) is 0 Å². The van der Waals surface area contributed by atoms with Gasteiger partial charge in [0.15, 0.2) is 5.82 Å². The van der Waals surface area contributed by atoms with Crippen LogP contribution in [0.15, 0.2) is 4.52 Å². The van der Waals surface area contributed by atoms with Crippen LogP contribution in [0, 0.1) is 0 Å². The number of ether oxygens (including phenoxy) is 2. The molecule has 2 atom stereocenters. The Bertz CT molecular complexity index is 566. The summed E-state index contributed by atoms with van der Waals surface area (Å²) in [7, 11) is 0. The molecule has 7 nitrogen and oxygen atoms in total. The lowest BCUT2D eigenvalue weighted by atomic mass is 10.2. The SMILES string of the molecule is O=C(CCOC[C@H]1CCCO1)N1CCC[C@@H]1c1noc(C2CC2)n1. The lowest BCUT2D eigenvalue weighted by Crippen LogP contribution is -2.32. The van der Waals surface area contributed by atoms with Gasteiger partial charge < -0.3 is 18.9 Å². The van der Waals surface area contributed by atoms with E-state index >= 15 is 0 Å². The molecule has 4 rings (SSSR count). The van der Waals surface area contributed by atoms with Gasteiger partial charge in [0, 0.05) is 19.1 Å². The highest BCUT2D eigenvalue weighted by Gasteiger charge is 2.35. The first-order chi connectivity index (χ1) is 11.8. The Kier molecular flexibility index (Phi) is 4.80. The monoisotopic (exact) mass is 335 g/mol. The maximum Gasteiger partial charge on any atom is 0.229 e. The summed E-state index contributed by atoms with van der Waals surface area (Å²) in [5.41, 5.74) is 0. The molecular weight excluding hydrogens is 310 g/mol. The number of hydrogen-bond donors (Lipinski definition) is 0. The van der Waals surface area contributed by atoms with E-state index in [0.29, 0.717) is 31.4 Å². The molecule has 3 fully saturated rings. The fourth-order valence-electron chi connectivity index (χ4n) is 3.51. The zero-order chi connectivity index (χ0) is 16.4. The van der Waals surface area contributed by atoms with Crippen molar-refractivity contribution >= 4 is 5.91 Å². The highest BCUT2D eigenvalue weighted by molar-refractivity contribution is 5.77. The van der Waals surface area contributed by atoms with Crippen molar-refractivity contribution < 1.29 is 18.8 Å². The quantitative estimate of drug-likeness (QED) is 0.711. The Balaban J connectivity index is 1.26. The molecule has 1 saturated carbocycles. The number of rotatable bonds is 7. The average Bonchev–Trinajstić information content (AvgIpc) is 3.03. The lowest BCUT2D eigenvalue weighted by molar-refractivity contribution is -0.133. The molecule has 7 heteroatoms. The molecule has 1 aliphatic carbocycles. The Morgan fingerprint density at radius 2 is 2.17 bits per heavy atom. The van der Waals surface area contributed by atoms with Crippen LogP contribution in [0.1, 0.15) is 68.6 Å². The standard InChI is InChI=1S/C17H25N3O4/c21-15(7-10-22-11-13-3-2-9-23-13)20-8-1-4-14(20)16-18-17(24-19-16)12-5-6-12/h12-14H,1-11H2/t13-,14-/m1/s1. The third kappa shape index (κ3) is 3.62. The van der Waals surface area contributed by atoms with Gasteiger partial charge in [-0.2, -0.15) is 4.98 Å². The molecule has 0 bridgehead atoms. The Morgan fingerprint density at radius 1 is 1.25 bits per heavy atom. The van der Waals surface area contributed by atoms with E-state index in [1.807, 2.05) is 4.90 Å². The fourth-order valence-corrected chi connectivity index (χ4v) is 3.51. The van der Waals surface area contributed by atoms with E-state index in [9.17, 15) is 4.79 Å². The van der Waals surface area contributed by atoms with Crippen LogP contribution < -0.4 is 0 Å². The van der Waals surface area contributed by atoms with Gasteiger partial charge in [-0.15, -0.1) is 0 Å². The van der Waals surface area contributed by atoms with Crippen molar-refractivity contribution in [3.05, 3.63) is 11.7 Å². The second-order valence-electron chi connectivity index (χ2n) is 6.97. The molecule has 0 radical (unpaired) electrons. The van der Waals surface area contributed by atoms with E-state index < -0.39 is 0 Å². The second kappa shape index (κ2) is 7.19. The van der Waals surface area contributed by atoms with Crippen molar-refractivity contribution in [2.24, 2.45) is 0 Å². The van der Waals surface area contributed by atoms with Crippen LogP contribution in [-0.2, 0) is 14.3 Å². The predicted octanol–water partition coefficient (Wildman–Crippen LogP) is 2.20.